The fraction of sp³-hybridized carbons (Fsp3) is 0.591. The fourth-order valence-electron chi connectivity index (χ4n) is 3.30. The first-order valence-corrected chi connectivity index (χ1v) is 10.5. The van der Waals surface area contributed by atoms with Gasteiger partial charge in [-0.3, -0.25) is 0 Å². The molecule has 3 amide bonds. The lowest BCUT2D eigenvalue weighted by Crippen LogP contribution is -2.50. The molecule has 2 rings (SSSR count). The van der Waals surface area contributed by atoms with Gasteiger partial charge in [0.15, 0.2) is 0 Å². The third-order valence-electron chi connectivity index (χ3n) is 4.80. The van der Waals surface area contributed by atoms with Crippen LogP contribution >= 0.6 is 0 Å². The largest absolute Gasteiger partial charge is 0.453 e. The van der Waals surface area contributed by atoms with Crippen molar-refractivity contribution in [3.63, 3.8) is 0 Å². The molecule has 0 radical (unpaired) electrons. The summed E-state index contributed by atoms with van der Waals surface area (Å²) in [5.41, 5.74) is 0.341. The molecule has 1 aromatic rings. The molecule has 1 fully saturated rings. The summed E-state index contributed by atoms with van der Waals surface area (Å²) in [4.78, 5) is 39.6. The second-order valence-electron chi connectivity index (χ2n) is 8.35. The van der Waals surface area contributed by atoms with Gasteiger partial charge in [0.1, 0.15) is 12.2 Å². The molecule has 0 spiro atoms. The summed E-state index contributed by atoms with van der Waals surface area (Å²) in [6, 6.07) is 9.41. The molecule has 0 unspecified atom stereocenters. The number of ether oxygens (including phenoxy) is 3. The van der Waals surface area contributed by atoms with Crippen LogP contribution in [0, 0.1) is 0 Å². The molecule has 9 nitrogen and oxygen atoms in total. The summed E-state index contributed by atoms with van der Waals surface area (Å²) in [6.07, 6.45) is -0.160. The van der Waals surface area contributed by atoms with Crippen LogP contribution in [0.1, 0.15) is 39.2 Å². The molecule has 1 aliphatic rings. The van der Waals surface area contributed by atoms with E-state index in [0.717, 1.165) is 5.56 Å². The van der Waals surface area contributed by atoms with Crippen molar-refractivity contribution in [2.24, 2.45) is 0 Å². The van der Waals surface area contributed by atoms with Crippen LogP contribution in [0.3, 0.4) is 0 Å². The average molecular weight is 436 g/mol. The molecule has 0 aromatic heterocycles. The number of piperidine rings is 1. The summed E-state index contributed by atoms with van der Waals surface area (Å²) >= 11 is 0. The van der Waals surface area contributed by atoms with Crippen LogP contribution in [-0.4, -0.2) is 73.0 Å². The first-order valence-electron chi connectivity index (χ1n) is 10.5. The van der Waals surface area contributed by atoms with E-state index < -0.39 is 17.8 Å². The number of nitrogens with zero attached hydrogens (tertiary/aromatic N) is 2. The number of nitrogens with one attached hydrogen (secondary N) is 1. The maximum absolute atomic E-state index is 12.3. The van der Waals surface area contributed by atoms with E-state index in [1.54, 1.807) is 30.6 Å². The number of carbonyl (C=O) groups is 3. The number of amides is 3. The van der Waals surface area contributed by atoms with Gasteiger partial charge in [0, 0.05) is 32.2 Å². The Morgan fingerprint density at radius 1 is 1.13 bits per heavy atom. The van der Waals surface area contributed by atoms with Crippen molar-refractivity contribution in [3.05, 3.63) is 35.9 Å². The van der Waals surface area contributed by atoms with E-state index >= 15 is 0 Å². The number of hydrogen-bond acceptors (Lipinski definition) is 6. The Bertz CT molecular complexity index is 727. The maximum Gasteiger partial charge on any atom is 0.410 e. The van der Waals surface area contributed by atoms with Crippen LogP contribution in [-0.2, 0) is 20.8 Å². The predicted octanol–water partition coefficient (Wildman–Crippen LogP) is 3.38. The van der Waals surface area contributed by atoms with Crippen LogP contribution in [0.2, 0.25) is 0 Å². The molecule has 1 saturated heterocycles. The van der Waals surface area contributed by atoms with E-state index in [1.165, 1.54) is 7.11 Å². The second-order valence-corrected chi connectivity index (χ2v) is 8.35. The Balaban J connectivity index is 1.80. The number of methoxy groups -OCH3 is 1. The van der Waals surface area contributed by atoms with Crippen molar-refractivity contribution in [2.75, 3.05) is 33.3 Å². The number of carbonyl (C=O) groups excluding carboxylic acids is 3. The summed E-state index contributed by atoms with van der Waals surface area (Å²) < 4.78 is 15.5. The summed E-state index contributed by atoms with van der Waals surface area (Å²) in [5, 5.41) is 2.65. The second kappa shape index (κ2) is 11.4. The van der Waals surface area contributed by atoms with Gasteiger partial charge < -0.3 is 29.3 Å². The predicted molar refractivity (Wildman–Crippen MR) is 115 cm³/mol. The van der Waals surface area contributed by atoms with Gasteiger partial charge in [0.25, 0.3) is 0 Å². The number of rotatable bonds is 6. The highest BCUT2D eigenvalue weighted by Gasteiger charge is 2.30. The molecule has 31 heavy (non-hydrogen) atoms. The topological polar surface area (TPSA) is 97.4 Å². The summed E-state index contributed by atoms with van der Waals surface area (Å²) in [6.45, 7) is 7.06. The highest BCUT2D eigenvalue weighted by atomic mass is 16.6. The van der Waals surface area contributed by atoms with Gasteiger partial charge in [-0.25, -0.2) is 14.4 Å². The molecule has 0 saturated carbocycles. The minimum atomic E-state index is -0.589. The standard InChI is InChI=1S/C22H33N3O6/c1-22(2,3)31-19(26)23-12-15-25(21(28)29-4)18-10-13-24(14-11-18)20(27)30-16-17-8-6-5-7-9-17/h5-9,18H,10-16H2,1-4H3,(H,23,26). The normalized spacial score (nSPS) is 14.5. The number of benzene rings is 1. The van der Waals surface area contributed by atoms with Crippen molar-refractivity contribution in [1.82, 2.24) is 15.1 Å². The third-order valence-corrected chi connectivity index (χ3v) is 4.80. The van der Waals surface area contributed by atoms with Crippen LogP contribution in [0.25, 0.3) is 0 Å². The zero-order chi connectivity index (χ0) is 22.9. The van der Waals surface area contributed by atoms with E-state index in [2.05, 4.69) is 5.32 Å². The van der Waals surface area contributed by atoms with E-state index in [9.17, 15) is 14.4 Å². The first-order chi connectivity index (χ1) is 14.7. The van der Waals surface area contributed by atoms with Crippen molar-refractivity contribution < 1.29 is 28.6 Å². The SMILES string of the molecule is COC(=O)N(CCNC(=O)OC(C)(C)C)C1CCN(C(=O)OCc2ccccc2)CC1. The Morgan fingerprint density at radius 3 is 2.35 bits per heavy atom. The van der Waals surface area contributed by atoms with Crippen molar-refractivity contribution in [1.29, 1.82) is 0 Å². The van der Waals surface area contributed by atoms with E-state index in [-0.39, 0.29) is 31.8 Å². The fourth-order valence-corrected chi connectivity index (χ4v) is 3.30. The lowest BCUT2D eigenvalue weighted by molar-refractivity contribution is 0.0483. The van der Waals surface area contributed by atoms with E-state index in [4.69, 9.17) is 14.2 Å². The molecule has 172 valence electrons. The highest BCUT2D eigenvalue weighted by molar-refractivity contribution is 5.70. The van der Waals surface area contributed by atoms with Crippen molar-refractivity contribution >= 4 is 18.3 Å². The molecule has 1 heterocycles. The average Bonchev–Trinajstić information content (AvgIpc) is 2.74. The monoisotopic (exact) mass is 435 g/mol. The maximum atomic E-state index is 12.3. The molecule has 1 aromatic carbocycles. The van der Waals surface area contributed by atoms with Crippen molar-refractivity contribution in [2.45, 2.75) is 51.9 Å². The number of hydrogen-bond donors (Lipinski definition) is 1. The molecular weight excluding hydrogens is 402 g/mol. The van der Waals surface area contributed by atoms with Gasteiger partial charge in [-0.2, -0.15) is 0 Å². The van der Waals surface area contributed by atoms with Crippen LogP contribution in [0.5, 0.6) is 0 Å². The van der Waals surface area contributed by atoms with Crippen molar-refractivity contribution in [3.8, 4) is 0 Å². The number of likely N-dealkylation sites (tertiary alicyclic amines) is 1. The molecule has 0 bridgehead atoms. The minimum absolute atomic E-state index is 0.0916. The highest BCUT2D eigenvalue weighted by Crippen LogP contribution is 2.18. The Morgan fingerprint density at radius 2 is 1.77 bits per heavy atom. The Kier molecular flexibility index (Phi) is 8.96. The Labute approximate surface area is 183 Å². The zero-order valence-corrected chi connectivity index (χ0v) is 18.8. The van der Waals surface area contributed by atoms with Gasteiger partial charge in [0.2, 0.25) is 0 Å². The lowest BCUT2D eigenvalue weighted by atomic mass is 10.0. The summed E-state index contributed by atoms with van der Waals surface area (Å²) in [5.74, 6) is 0. The molecular formula is C22H33N3O6. The first kappa shape index (κ1) is 24.3. The van der Waals surface area contributed by atoms with Crippen LogP contribution < -0.4 is 5.32 Å². The molecule has 9 heteroatoms. The smallest absolute Gasteiger partial charge is 0.410 e. The van der Waals surface area contributed by atoms with Gasteiger partial charge in [-0.1, -0.05) is 30.3 Å². The quantitative estimate of drug-likeness (QED) is 0.688. The van der Waals surface area contributed by atoms with E-state index in [0.29, 0.717) is 25.9 Å². The molecule has 0 aliphatic carbocycles. The molecule has 0 atom stereocenters. The minimum Gasteiger partial charge on any atom is -0.453 e. The Hall–Kier alpha value is -2.97. The zero-order valence-electron chi connectivity index (χ0n) is 18.8. The molecule has 1 N–H and O–H groups in total. The number of alkyl carbamates (subject to hydrolysis) is 1. The van der Waals surface area contributed by atoms with Gasteiger partial charge >= 0.3 is 18.3 Å². The van der Waals surface area contributed by atoms with Gasteiger partial charge in [-0.05, 0) is 39.2 Å². The van der Waals surface area contributed by atoms with Crippen LogP contribution in [0.15, 0.2) is 30.3 Å². The van der Waals surface area contributed by atoms with E-state index in [1.807, 2.05) is 30.3 Å². The lowest BCUT2D eigenvalue weighted by Gasteiger charge is -2.37. The summed E-state index contributed by atoms with van der Waals surface area (Å²) in [7, 11) is 1.33. The molecule has 1 aliphatic heterocycles. The van der Waals surface area contributed by atoms with Gasteiger partial charge in [0.05, 0.1) is 7.11 Å². The van der Waals surface area contributed by atoms with Gasteiger partial charge in [-0.15, -0.1) is 0 Å². The van der Waals surface area contributed by atoms with Crippen LogP contribution in [0.4, 0.5) is 14.4 Å². The third kappa shape index (κ3) is 8.35.